The van der Waals surface area contributed by atoms with Gasteiger partial charge < -0.3 is 10.6 Å². The van der Waals surface area contributed by atoms with Crippen molar-refractivity contribution in [1.82, 2.24) is 4.90 Å². The van der Waals surface area contributed by atoms with Crippen LogP contribution in [0.1, 0.15) is 82.6 Å². The number of amidine groups is 1. The predicted octanol–water partition coefficient (Wildman–Crippen LogP) is 7.04. The molecule has 4 nitrogen and oxygen atoms in total. The van der Waals surface area contributed by atoms with Crippen molar-refractivity contribution in [2.75, 3.05) is 6.54 Å². The van der Waals surface area contributed by atoms with E-state index < -0.39 is 0 Å². The standard InChI is InChI=1S/C13H17N3OS.C10H16.C3H8/c1-3-8(2)12(14)16-5-4-9-10(13(15)17)7-18-11(9)6-16;1-5-6-7-8-10(4)9(2)3;1-3-2/h3,7,14H,4-6H2,1-2H3,(H2,15,17);5-8H,1-4H3;3H2,1-2H3/b8-3+,14-12?;6-5-,8-7-;. The van der Waals surface area contributed by atoms with E-state index >= 15 is 0 Å². The number of nitrogens with zero attached hydrogens (tertiary/aromatic N) is 1. The van der Waals surface area contributed by atoms with E-state index in [1.165, 1.54) is 17.6 Å². The molecule has 3 N–H and O–H groups in total. The zero-order chi connectivity index (χ0) is 24.0. The second kappa shape index (κ2) is 15.4. The third-order valence-corrected chi connectivity index (χ3v) is 5.79. The van der Waals surface area contributed by atoms with Crippen molar-refractivity contribution in [2.45, 2.75) is 74.8 Å². The average molecular weight is 444 g/mol. The molecule has 0 saturated carbocycles. The number of nitrogens with two attached hydrogens (primary N) is 1. The Balaban J connectivity index is 0.000000588. The molecule has 0 atom stereocenters. The minimum Gasteiger partial charge on any atom is -0.366 e. The van der Waals surface area contributed by atoms with Gasteiger partial charge in [-0.25, -0.2) is 0 Å². The molecular formula is C26H41N3OS. The number of carbonyl (C=O) groups is 1. The molecule has 0 fully saturated rings. The lowest BCUT2D eigenvalue weighted by Gasteiger charge is -2.29. The highest BCUT2D eigenvalue weighted by molar-refractivity contribution is 7.10. The molecular weight excluding hydrogens is 402 g/mol. The Morgan fingerprint density at radius 3 is 2.29 bits per heavy atom. The van der Waals surface area contributed by atoms with Crippen molar-refractivity contribution in [2.24, 2.45) is 5.73 Å². The SMILES string of the molecule is C/C=C(\C)C(=N)N1CCc2c(C(N)=O)csc2C1.C/C=C\C=C/C(C)=C(C)C.CCC. The van der Waals surface area contributed by atoms with Crippen LogP contribution in [0.5, 0.6) is 0 Å². The maximum atomic E-state index is 11.3. The van der Waals surface area contributed by atoms with Crippen LogP contribution in [0.4, 0.5) is 0 Å². The highest BCUT2D eigenvalue weighted by Gasteiger charge is 2.24. The van der Waals surface area contributed by atoms with Crippen molar-refractivity contribution >= 4 is 23.1 Å². The molecule has 1 aromatic rings. The van der Waals surface area contributed by atoms with E-state index in [0.29, 0.717) is 17.9 Å². The largest absolute Gasteiger partial charge is 0.366 e. The summed E-state index contributed by atoms with van der Waals surface area (Å²) in [6, 6.07) is 0. The van der Waals surface area contributed by atoms with Gasteiger partial charge in [0.15, 0.2) is 0 Å². The van der Waals surface area contributed by atoms with E-state index in [1.54, 1.807) is 11.3 Å². The highest BCUT2D eigenvalue weighted by Crippen LogP contribution is 2.29. The number of primary amides is 1. The number of hydrogen-bond acceptors (Lipinski definition) is 3. The molecule has 0 unspecified atom stereocenters. The molecule has 1 aliphatic heterocycles. The van der Waals surface area contributed by atoms with Crippen LogP contribution in [0.25, 0.3) is 0 Å². The van der Waals surface area contributed by atoms with Crippen molar-refractivity contribution in [1.29, 1.82) is 5.41 Å². The summed E-state index contributed by atoms with van der Waals surface area (Å²) in [5.74, 6) is 0.220. The lowest BCUT2D eigenvalue weighted by Crippen LogP contribution is -2.35. The van der Waals surface area contributed by atoms with Crippen LogP contribution in [0.3, 0.4) is 0 Å². The van der Waals surface area contributed by atoms with Crippen molar-refractivity contribution in [3.63, 3.8) is 0 Å². The van der Waals surface area contributed by atoms with E-state index in [-0.39, 0.29) is 5.91 Å². The Morgan fingerprint density at radius 2 is 1.81 bits per heavy atom. The molecule has 1 amide bonds. The summed E-state index contributed by atoms with van der Waals surface area (Å²) in [6.45, 7) is 18.0. The molecule has 5 heteroatoms. The van der Waals surface area contributed by atoms with Gasteiger partial charge in [0.2, 0.25) is 5.91 Å². The van der Waals surface area contributed by atoms with Crippen LogP contribution in [0.15, 0.2) is 52.5 Å². The van der Waals surface area contributed by atoms with E-state index in [4.69, 9.17) is 11.1 Å². The van der Waals surface area contributed by atoms with Gasteiger partial charge in [0.1, 0.15) is 5.84 Å². The Kier molecular flexibility index (Phi) is 14.2. The predicted molar refractivity (Wildman–Crippen MR) is 138 cm³/mol. The fraction of sp³-hybridized carbons (Fsp3) is 0.462. The van der Waals surface area contributed by atoms with E-state index in [0.717, 1.165) is 29.0 Å². The number of amides is 1. The quantitative estimate of drug-likeness (QED) is 0.297. The number of rotatable bonds is 4. The summed E-state index contributed by atoms with van der Waals surface area (Å²) in [4.78, 5) is 14.5. The highest BCUT2D eigenvalue weighted by atomic mass is 32.1. The van der Waals surface area contributed by atoms with Crippen LogP contribution in [0.2, 0.25) is 0 Å². The van der Waals surface area contributed by atoms with E-state index in [1.807, 2.05) is 49.3 Å². The zero-order valence-corrected chi connectivity index (χ0v) is 21.5. The summed E-state index contributed by atoms with van der Waals surface area (Å²) in [7, 11) is 0. The third kappa shape index (κ3) is 9.97. The molecule has 0 spiro atoms. The summed E-state index contributed by atoms with van der Waals surface area (Å²) in [6.07, 6.45) is 12.2. The zero-order valence-electron chi connectivity index (χ0n) is 20.6. The molecule has 0 aliphatic carbocycles. The normalized spacial score (nSPS) is 13.2. The average Bonchev–Trinajstić information content (AvgIpc) is 3.17. The molecule has 0 saturated heterocycles. The number of thiophene rings is 1. The second-order valence-corrected chi connectivity index (χ2v) is 8.65. The fourth-order valence-corrected chi connectivity index (χ4v) is 3.69. The summed E-state index contributed by atoms with van der Waals surface area (Å²) in [5.41, 5.74) is 10.8. The van der Waals surface area contributed by atoms with Crippen LogP contribution < -0.4 is 5.73 Å². The topological polar surface area (TPSA) is 70.2 Å². The van der Waals surface area contributed by atoms with Crippen LogP contribution >= 0.6 is 11.3 Å². The van der Waals surface area contributed by atoms with Gasteiger partial charge in [-0.2, -0.15) is 0 Å². The summed E-state index contributed by atoms with van der Waals surface area (Å²) in [5, 5.41) is 9.93. The molecule has 0 aromatic carbocycles. The molecule has 31 heavy (non-hydrogen) atoms. The van der Waals surface area contributed by atoms with Crippen molar-refractivity contribution in [3.8, 4) is 0 Å². The number of carbonyl (C=O) groups excluding carboxylic acids is 1. The molecule has 0 radical (unpaired) electrons. The van der Waals surface area contributed by atoms with Gasteiger partial charge in [-0.05, 0) is 59.1 Å². The van der Waals surface area contributed by atoms with Gasteiger partial charge in [0.05, 0.1) is 12.1 Å². The van der Waals surface area contributed by atoms with Gasteiger partial charge in [0, 0.05) is 16.8 Å². The first-order valence-corrected chi connectivity index (χ1v) is 11.8. The minimum absolute atomic E-state index is 0.347. The maximum Gasteiger partial charge on any atom is 0.249 e. The first kappa shape index (κ1) is 28.6. The molecule has 1 aromatic heterocycles. The van der Waals surface area contributed by atoms with Gasteiger partial charge in [-0.3, -0.25) is 10.2 Å². The smallest absolute Gasteiger partial charge is 0.249 e. The monoisotopic (exact) mass is 443 g/mol. The maximum absolute atomic E-state index is 11.3. The minimum atomic E-state index is -0.347. The number of nitrogens with one attached hydrogen (secondary N) is 1. The van der Waals surface area contributed by atoms with Gasteiger partial charge in [-0.1, -0.05) is 61.8 Å². The summed E-state index contributed by atoms with van der Waals surface area (Å²) >= 11 is 1.56. The molecule has 0 bridgehead atoms. The number of fused-ring (bicyclic) bond motifs is 1. The van der Waals surface area contributed by atoms with Gasteiger partial charge in [-0.15, -0.1) is 11.3 Å². The first-order chi connectivity index (χ1) is 14.6. The lowest BCUT2D eigenvalue weighted by atomic mass is 10.0. The Bertz CT molecular complexity index is 837. The lowest BCUT2D eigenvalue weighted by molar-refractivity contribution is 0.0999. The van der Waals surface area contributed by atoms with Crippen molar-refractivity contribution < 1.29 is 4.79 Å². The Labute approximate surface area is 193 Å². The second-order valence-electron chi connectivity index (χ2n) is 7.68. The fourth-order valence-electron chi connectivity index (χ4n) is 2.59. The molecule has 2 rings (SSSR count). The Morgan fingerprint density at radius 1 is 1.19 bits per heavy atom. The summed E-state index contributed by atoms with van der Waals surface area (Å²) < 4.78 is 0. The Hall–Kier alpha value is -2.40. The number of hydrogen-bond donors (Lipinski definition) is 2. The van der Waals surface area contributed by atoms with Crippen LogP contribution in [0, 0.1) is 5.41 Å². The van der Waals surface area contributed by atoms with Gasteiger partial charge in [0.25, 0.3) is 0 Å². The van der Waals surface area contributed by atoms with E-state index in [2.05, 4.69) is 46.8 Å². The molecule has 2 heterocycles. The van der Waals surface area contributed by atoms with Crippen LogP contribution in [-0.2, 0) is 13.0 Å². The molecule has 172 valence electrons. The van der Waals surface area contributed by atoms with Gasteiger partial charge >= 0.3 is 0 Å². The third-order valence-electron chi connectivity index (χ3n) is 4.77. The number of allylic oxidation sites excluding steroid dienone is 7. The van der Waals surface area contributed by atoms with Crippen molar-refractivity contribution in [3.05, 3.63) is 68.5 Å². The van der Waals surface area contributed by atoms with Crippen LogP contribution in [-0.4, -0.2) is 23.2 Å². The first-order valence-electron chi connectivity index (χ1n) is 10.9. The molecule has 1 aliphatic rings. The van der Waals surface area contributed by atoms with E-state index in [9.17, 15) is 4.79 Å².